The molecule has 4 heterocycles. The lowest BCUT2D eigenvalue weighted by atomic mass is 9.87. The van der Waals surface area contributed by atoms with Crippen LogP contribution in [0, 0.1) is 18.2 Å². The first-order valence-electron chi connectivity index (χ1n) is 16.6. The number of halogens is 4. The van der Waals surface area contributed by atoms with Gasteiger partial charge in [-0.05, 0) is 50.5 Å². The second-order valence-corrected chi connectivity index (χ2v) is 14.1. The average molecular weight is 730 g/mol. The molecule has 0 bridgehead atoms. The minimum absolute atomic E-state index is 0.0311. The summed E-state index contributed by atoms with van der Waals surface area (Å²) in [4.78, 5) is 42.8. The van der Waals surface area contributed by atoms with E-state index in [9.17, 15) is 14.0 Å². The predicted molar refractivity (Wildman–Crippen MR) is 181 cm³/mol. The van der Waals surface area contributed by atoms with E-state index in [0.29, 0.717) is 10.6 Å². The molecular weight excluding hydrogens is 690 g/mol. The number of esters is 2. The number of aromatic nitrogens is 1. The number of hydrogen-bond acceptors (Lipinski definition) is 11. The number of amidine groups is 1. The van der Waals surface area contributed by atoms with Crippen LogP contribution in [0.25, 0.3) is 0 Å². The fourth-order valence-electron chi connectivity index (χ4n) is 6.54. The van der Waals surface area contributed by atoms with Crippen LogP contribution >= 0.6 is 11.3 Å². The number of fused-ring (bicyclic) bond motifs is 1. The van der Waals surface area contributed by atoms with E-state index in [1.54, 1.807) is 55.8 Å². The van der Waals surface area contributed by atoms with Crippen LogP contribution in [0.4, 0.5) is 17.6 Å². The van der Waals surface area contributed by atoms with E-state index in [4.69, 9.17) is 19.3 Å². The van der Waals surface area contributed by atoms with Gasteiger partial charge in [0.15, 0.2) is 10.8 Å². The summed E-state index contributed by atoms with van der Waals surface area (Å²) in [6, 6.07) is 9.91. The number of carbonyl (C=O) groups is 2. The van der Waals surface area contributed by atoms with Crippen LogP contribution in [0.15, 0.2) is 76.4 Å². The lowest BCUT2D eigenvalue weighted by Gasteiger charge is -2.32. The van der Waals surface area contributed by atoms with E-state index in [2.05, 4.69) is 10.3 Å². The third-order valence-corrected chi connectivity index (χ3v) is 10.3. The summed E-state index contributed by atoms with van der Waals surface area (Å²) in [6.45, 7) is 4.23. The van der Waals surface area contributed by atoms with Crippen LogP contribution < -0.4 is 5.32 Å². The molecule has 0 aliphatic carbocycles. The number of carbonyl (C=O) groups excluding carboxylic acids is 2. The Morgan fingerprint density at radius 2 is 1.92 bits per heavy atom. The van der Waals surface area contributed by atoms with E-state index >= 15 is 13.2 Å². The van der Waals surface area contributed by atoms with Crippen LogP contribution in [0.1, 0.15) is 48.5 Å². The number of hydrogen-bond donors (Lipinski definition) is 1. The monoisotopic (exact) mass is 729 g/mol. The standard InChI is InChI=1S/C36H39F4N5O5S/c1-5-48-33(46)28-25(42-31(32-41-14-15-51-32)43-29(28)23-12-9-13-24(37)21(23)2)16-44-20-36(39,40)30-26(44)19-50-45(30)17-27(38)35(3,4)34(47)49-18-22-10-7-6-8-11-22/h6-15,26-27,29-30H,5,16-20H2,1-4H3,(H,42,43)/t26-,27+,29-,30+/m0/s1. The lowest BCUT2D eigenvalue weighted by Crippen LogP contribution is -2.50. The number of alkyl halides is 3. The largest absolute Gasteiger partial charge is 0.463 e. The summed E-state index contributed by atoms with van der Waals surface area (Å²) in [5.41, 5.74) is 0.0311. The van der Waals surface area contributed by atoms with Crippen molar-refractivity contribution in [3.8, 4) is 0 Å². The van der Waals surface area contributed by atoms with Crippen LogP contribution in [0.2, 0.25) is 0 Å². The topological polar surface area (TPSA) is 106 Å². The minimum atomic E-state index is -3.36. The van der Waals surface area contributed by atoms with Gasteiger partial charge in [-0.25, -0.2) is 27.3 Å². The number of nitrogens with one attached hydrogen (secondary N) is 1. The number of nitrogens with zero attached hydrogens (tertiary/aromatic N) is 4. The molecule has 1 N–H and O–H groups in total. The van der Waals surface area contributed by atoms with E-state index in [-0.39, 0.29) is 49.0 Å². The van der Waals surface area contributed by atoms with Crippen molar-refractivity contribution in [2.45, 2.75) is 64.5 Å². The molecule has 2 fully saturated rings. The van der Waals surface area contributed by atoms with Crippen molar-refractivity contribution in [3.05, 3.63) is 98.9 Å². The Morgan fingerprint density at radius 1 is 1.16 bits per heavy atom. The number of ether oxygens (including phenoxy) is 2. The molecule has 4 atom stereocenters. The molecule has 1 aromatic heterocycles. The second-order valence-electron chi connectivity index (χ2n) is 13.2. The van der Waals surface area contributed by atoms with Gasteiger partial charge in [0.1, 0.15) is 30.7 Å². The number of likely N-dealkylation sites (tertiary alicyclic amines) is 1. The Bertz CT molecular complexity index is 1810. The van der Waals surface area contributed by atoms with Gasteiger partial charge >= 0.3 is 11.9 Å². The molecule has 3 aliphatic rings. The molecule has 51 heavy (non-hydrogen) atoms. The Kier molecular flexibility index (Phi) is 10.6. The zero-order chi connectivity index (χ0) is 36.5. The molecule has 6 rings (SSSR count). The Morgan fingerprint density at radius 3 is 2.63 bits per heavy atom. The zero-order valence-corrected chi connectivity index (χ0v) is 29.4. The lowest BCUT2D eigenvalue weighted by molar-refractivity contribution is -0.197. The number of benzene rings is 2. The molecule has 0 spiro atoms. The van der Waals surface area contributed by atoms with Gasteiger partial charge in [0.25, 0.3) is 5.92 Å². The van der Waals surface area contributed by atoms with Gasteiger partial charge in [-0.1, -0.05) is 42.5 Å². The van der Waals surface area contributed by atoms with Crippen molar-refractivity contribution in [2.24, 2.45) is 10.4 Å². The third-order valence-electron chi connectivity index (χ3n) is 9.49. The van der Waals surface area contributed by atoms with E-state index < -0.39 is 66.5 Å². The summed E-state index contributed by atoms with van der Waals surface area (Å²) in [6.07, 6.45) is -0.329. The zero-order valence-electron chi connectivity index (χ0n) is 28.6. The number of aliphatic imine (C=N–C) groups is 1. The van der Waals surface area contributed by atoms with Gasteiger partial charge in [-0.15, -0.1) is 11.3 Å². The highest BCUT2D eigenvalue weighted by Crippen LogP contribution is 2.43. The Balaban J connectivity index is 1.25. The van der Waals surface area contributed by atoms with Crippen molar-refractivity contribution >= 4 is 29.1 Å². The summed E-state index contributed by atoms with van der Waals surface area (Å²) in [5, 5.41) is 6.29. The van der Waals surface area contributed by atoms with Gasteiger partial charge < -0.3 is 14.8 Å². The first kappa shape index (κ1) is 36.6. The van der Waals surface area contributed by atoms with Crippen molar-refractivity contribution in [1.29, 1.82) is 0 Å². The van der Waals surface area contributed by atoms with Gasteiger partial charge in [-0.3, -0.25) is 19.5 Å². The Labute approximate surface area is 297 Å². The second kappa shape index (κ2) is 14.8. The van der Waals surface area contributed by atoms with E-state index in [1.807, 2.05) is 6.07 Å². The molecule has 15 heteroatoms. The molecule has 0 amide bonds. The number of rotatable bonds is 12. The third kappa shape index (κ3) is 7.43. The molecule has 272 valence electrons. The van der Waals surface area contributed by atoms with Crippen molar-refractivity contribution in [1.82, 2.24) is 20.3 Å². The van der Waals surface area contributed by atoms with Crippen LogP contribution in [-0.2, 0) is 30.5 Å². The summed E-state index contributed by atoms with van der Waals surface area (Å²) in [5.74, 6) is -5.11. The highest BCUT2D eigenvalue weighted by Gasteiger charge is 2.61. The molecule has 3 aliphatic heterocycles. The Hall–Kier alpha value is -4.18. The van der Waals surface area contributed by atoms with Crippen LogP contribution in [0.3, 0.4) is 0 Å². The highest BCUT2D eigenvalue weighted by molar-refractivity contribution is 7.11. The van der Waals surface area contributed by atoms with Crippen molar-refractivity contribution in [3.63, 3.8) is 0 Å². The maximum Gasteiger partial charge on any atom is 0.338 e. The molecule has 2 saturated heterocycles. The van der Waals surface area contributed by atoms with Gasteiger partial charge in [-0.2, -0.15) is 5.06 Å². The predicted octanol–water partition coefficient (Wildman–Crippen LogP) is 5.54. The molecule has 0 unspecified atom stereocenters. The van der Waals surface area contributed by atoms with Gasteiger partial charge in [0.05, 0.1) is 43.3 Å². The summed E-state index contributed by atoms with van der Waals surface area (Å²) >= 11 is 1.28. The first-order chi connectivity index (χ1) is 24.3. The minimum Gasteiger partial charge on any atom is -0.463 e. The van der Waals surface area contributed by atoms with E-state index in [0.717, 1.165) is 10.6 Å². The first-order valence-corrected chi connectivity index (χ1v) is 17.5. The molecule has 0 saturated carbocycles. The summed E-state index contributed by atoms with van der Waals surface area (Å²) in [7, 11) is 0. The SMILES string of the molecule is CCOC(=O)C1=C(CN2CC(F)(F)[C@H]3[C@@H]2CON3C[C@@H](F)C(C)(C)C(=O)OCc2ccccc2)NC(c2nccs2)=N[C@H]1c1cccc(F)c1C. The maximum atomic E-state index is 15.9. The highest BCUT2D eigenvalue weighted by atomic mass is 32.1. The van der Waals surface area contributed by atoms with Gasteiger partial charge in [0, 0.05) is 23.8 Å². The number of hydroxylamine groups is 2. The van der Waals surface area contributed by atoms with Crippen molar-refractivity contribution in [2.75, 3.05) is 32.8 Å². The van der Waals surface area contributed by atoms with Crippen molar-refractivity contribution < 1.29 is 41.5 Å². The molecule has 10 nitrogen and oxygen atoms in total. The fourth-order valence-corrected chi connectivity index (χ4v) is 7.13. The molecular formula is C36H39F4N5O5S. The quantitative estimate of drug-likeness (QED) is 0.190. The molecule has 0 radical (unpaired) electrons. The average Bonchev–Trinajstić information content (AvgIpc) is 3.84. The maximum absolute atomic E-state index is 15.9. The van der Waals surface area contributed by atoms with Crippen LogP contribution in [0.5, 0.6) is 0 Å². The van der Waals surface area contributed by atoms with Crippen LogP contribution in [-0.4, -0.2) is 89.7 Å². The smallest absolute Gasteiger partial charge is 0.338 e. The summed E-state index contributed by atoms with van der Waals surface area (Å²) < 4.78 is 73.3. The molecule has 2 aromatic carbocycles. The number of thiazole rings is 1. The fraction of sp³-hybridized carbons (Fsp3) is 0.444. The van der Waals surface area contributed by atoms with Gasteiger partial charge in [0.2, 0.25) is 0 Å². The van der Waals surface area contributed by atoms with E-state index in [1.165, 1.54) is 42.2 Å². The molecule has 3 aromatic rings. The normalized spacial score (nSPS) is 22.7.